The Morgan fingerprint density at radius 3 is 2.18 bits per heavy atom. The van der Waals surface area contributed by atoms with Crippen molar-refractivity contribution in [2.45, 2.75) is 65.2 Å². The molecule has 4 rings (SSSR count). The number of aryl methyl sites for hydroxylation is 1. The fourth-order valence-electron chi connectivity index (χ4n) is 5.34. The van der Waals surface area contributed by atoms with E-state index in [9.17, 15) is 4.39 Å². The molecule has 172 valence electrons. The highest BCUT2D eigenvalue weighted by Gasteiger charge is 2.20. The summed E-state index contributed by atoms with van der Waals surface area (Å²) in [6, 6.07) is 18.9. The summed E-state index contributed by atoms with van der Waals surface area (Å²) < 4.78 is 14.7. The zero-order chi connectivity index (χ0) is 23.0. The molecule has 1 fully saturated rings. The molecule has 1 saturated carbocycles. The molecular formula is C32H37F. The summed E-state index contributed by atoms with van der Waals surface area (Å²) in [5.41, 5.74) is 4.41. The summed E-state index contributed by atoms with van der Waals surface area (Å²) in [4.78, 5) is 0. The molecule has 3 aromatic rings. The lowest BCUT2D eigenvalue weighted by Gasteiger charge is -2.28. The number of hydrogen-bond acceptors (Lipinski definition) is 0. The largest absolute Gasteiger partial charge is 0.206 e. The van der Waals surface area contributed by atoms with Gasteiger partial charge >= 0.3 is 0 Å². The summed E-state index contributed by atoms with van der Waals surface area (Å²) in [6.45, 7) is 4.03. The molecule has 1 aliphatic carbocycles. The molecule has 33 heavy (non-hydrogen) atoms. The second-order valence-corrected chi connectivity index (χ2v) is 9.67. The van der Waals surface area contributed by atoms with Gasteiger partial charge in [-0.15, -0.1) is 0 Å². The quantitative estimate of drug-likeness (QED) is 0.306. The Morgan fingerprint density at radius 1 is 0.788 bits per heavy atom. The second-order valence-electron chi connectivity index (χ2n) is 9.67. The first-order valence-corrected chi connectivity index (χ1v) is 12.7. The molecule has 0 heterocycles. The van der Waals surface area contributed by atoms with E-state index >= 15 is 0 Å². The van der Waals surface area contributed by atoms with Crippen LogP contribution in [0.2, 0.25) is 0 Å². The van der Waals surface area contributed by atoms with E-state index in [-0.39, 0.29) is 5.82 Å². The molecular weight excluding hydrogens is 403 g/mol. The summed E-state index contributed by atoms with van der Waals surface area (Å²) in [7, 11) is 0. The van der Waals surface area contributed by atoms with Crippen molar-refractivity contribution < 1.29 is 4.39 Å². The first kappa shape index (κ1) is 23.5. The summed E-state index contributed by atoms with van der Waals surface area (Å²) >= 11 is 0. The van der Waals surface area contributed by atoms with Gasteiger partial charge < -0.3 is 0 Å². The first-order valence-electron chi connectivity index (χ1n) is 12.7. The van der Waals surface area contributed by atoms with Crippen molar-refractivity contribution in [2.75, 3.05) is 0 Å². The topological polar surface area (TPSA) is 0 Å². The van der Waals surface area contributed by atoms with E-state index in [1.54, 1.807) is 0 Å². The third kappa shape index (κ3) is 6.02. The van der Waals surface area contributed by atoms with Crippen molar-refractivity contribution in [3.8, 4) is 11.1 Å². The normalized spacial score (nSPS) is 19.1. The number of benzene rings is 3. The molecule has 1 heteroatoms. The van der Waals surface area contributed by atoms with Gasteiger partial charge in [-0.05, 0) is 79.5 Å². The van der Waals surface area contributed by atoms with Gasteiger partial charge in [0.25, 0.3) is 0 Å². The second kappa shape index (κ2) is 11.5. The van der Waals surface area contributed by atoms with Gasteiger partial charge in [-0.2, -0.15) is 0 Å². The van der Waals surface area contributed by atoms with Crippen LogP contribution >= 0.6 is 0 Å². The average Bonchev–Trinajstić information content (AvgIpc) is 2.86. The Balaban J connectivity index is 1.34. The van der Waals surface area contributed by atoms with Crippen molar-refractivity contribution in [3.63, 3.8) is 0 Å². The monoisotopic (exact) mass is 440 g/mol. The third-order valence-electron chi connectivity index (χ3n) is 7.40. The molecule has 3 aromatic carbocycles. The summed E-state index contributed by atoms with van der Waals surface area (Å²) in [6.07, 6.45) is 18.9. The van der Waals surface area contributed by atoms with E-state index in [0.717, 1.165) is 22.8 Å². The Labute approximate surface area is 199 Å². The highest BCUT2D eigenvalue weighted by atomic mass is 19.1. The van der Waals surface area contributed by atoms with Crippen LogP contribution in [0.3, 0.4) is 0 Å². The molecule has 0 nitrogen and oxygen atoms in total. The maximum Gasteiger partial charge on any atom is 0.138 e. The van der Waals surface area contributed by atoms with Gasteiger partial charge in [-0.1, -0.05) is 98.5 Å². The lowest BCUT2D eigenvalue weighted by molar-refractivity contribution is 0.254. The molecule has 0 radical (unpaired) electrons. The van der Waals surface area contributed by atoms with Gasteiger partial charge in [0.15, 0.2) is 0 Å². The summed E-state index contributed by atoms with van der Waals surface area (Å²) in [5.74, 6) is 1.70. The number of allylic oxidation sites excluding steroid dienone is 3. The number of rotatable bonds is 8. The summed E-state index contributed by atoms with van der Waals surface area (Å²) in [5, 5.41) is 1.63. The highest BCUT2D eigenvalue weighted by molar-refractivity contribution is 5.89. The van der Waals surface area contributed by atoms with Crippen LogP contribution in [0.4, 0.5) is 4.39 Å². The molecule has 0 N–H and O–H groups in total. The van der Waals surface area contributed by atoms with Gasteiger partial charge in [0.05, 0.1) is 0 Å². The predicted octanol–water partition coefficient (Wildman–Crippen LogP) is 9.77. The van der Waals surface area contributed by atoms with E-state index in [1.807, 2.05) is 43.3 Å². The Kier molecular flexibility index (Phi) is 8.15. The van der Waals surface area contributed by atoms with Gasteiger partial charge in [0.1, 0.15) is 5.82 Å². The van der Waals surface area contributed by atoms with Crippen molar-refractivity contribution in [1.29, 1.82) is 0 Å². The SMILES string of the molecule is C/C=C/CCC1CCC(CCc2ccc(-c3ccc4c(F)c(/C=C/C)ccc4c3)cc2)CC1. The average molecular weight is 441 g/mol. The standard InChI is InChI=1S/C32H37F/c1-3-5-6-8-24-9-11-25(12-10-24)13-14-26-15-17-27(18-16-26)29-21-22-31-30(23-29)20-19-28(7-4-2)32(31)33/h3-5,7,15-25H,6,8-14H2,1-2H3/b5-3+,7-4+. The maximum absolute atomic E-state index is 14.7. The molecule has 0 bridgehead atoms. The lowest BCUT2D eigenvalue weighted by Crippen LogP contribution is -2.15. The first-order chi connectivity index (χ1) is 16.2. The Morgan fingerprint density at radius 2 is 1.48 bits per heavy atom. The molecule has 0 unspecified atom stereocenters. The Bertz CT molecular complexity index is 1100. The highest BCUT2D eigenvalue weighted by Crippen LogP contribution is 2.34. The maximum atomic E-state index is 14.7. The number of fused-ring (bicyclic) bond motifs is 1. The molecule has 0 atom stereocenters. The van der Waals surface area contributed by atoms with Crippen LogP contribution < -0.4 is 0 Å². The van der Waals surface area contributed by atoms with Crippen LogP contribution in [-0.2, 0) is 6.42 Å². The molecule has 0 spiro atoms. The molecule has 1 aliphatic rings. The van der Waals surface area contributed by atoms with Crippen LogP contribution in [0.5, 0.6) is 0 Å². The minimum absolute atomic E-state index is 0.140. The zero-order valence-electron chi connectivity index (χ0n) is 20.2. The van der Waals surface area contributed by atoms with E-state index in [4.69, 9.17) is 0 Å². The van der Waals surface area contributed by atoms with E-state index in [2.05, 4.69) is 49.4 Å². The lowest BCUT2D eigenvalue weighted by atomic mass is 9.78. The number of hydrogen-bond donors (Lipinski definition) is 0. The van der Waals surface area contributed by atoms with Crippen molar-refractivity contribution in [1.82, 2.24) is 0 Å². The van der Waals surface area contributed by atoms with Crippen molar-refractivity contribution >= 4 is 16.8 Å². The minimum atomic E-state index is -0.140. The van der Waals surface area contributed by atoms with Gasteiger partial charge in [0, 0.05) is 10.9 Å². The van der Waals surface area contributed by atoms with Crippen LogP contribution in [0, 0.1) is 17.7 Å². The van der Waals surface area contributed by atoms with E-state index < -0.39 is 0 Å². The van der Waals surface area contributed by atoms with E-state index in [0.29, 0.717) is 10.9 Å². The molecule has 0 amide bonds. The smallest absolute Gasteiger partial charge is 0.138 e. The minimum Gasteiger partial charge on any atom is -0.206 e. The third-order valence-corrected chi connectivity index (χ3v) is 7.40. The molecule has 0 aromatic heterocycles. The zero-order valence-corrected chi connectivity index (χ0v) is 20.2. The number of halogens is 1. The van der Waals surface area contributed by atoms with Crippen LogP contribution in [0.15, 0.2) is 72.8 Å². The van der Waals surface area contributed by atoms with Crippen molar-refractivity contribution in [3.05, 3.63) is 89.8 Å². The fourth-order valence-corrected chi connectivity index (χ4v) is 5.34. The van der Waals surface area contributed by atoms with Crippen LogP contribution in [0.25, 0.3) is 28.0 Å². The van der Waals surface area contributed by atoms with Crippen LogP contribution in [0.1, 0.15) is 69.9 Å². The van der Waals surface area contributed by atoms with Gasteiger partial charge in [0.2, 0.25) is 0 Å². The Hall–Kier alpha value is -2.67. The van der Waals surface area contributed by atoms with Gasteiger partial charge in [-0.25, -0.2) is 4.39 Å². The van der Waals surface area contributed by atoms with E-state index in [1.165, 1.54) is 62.5 Å². The molecule has 0 saturated heterocycles. The predicted molar refractivity (Wildman–Crippen MR) is 142 cm³/mol. The van der Waals surface area contributed by atoms with Gasteiger partial charge in [-0.3, -0.25) is 0 Å². The molecule has 0 aliphatic heterocycles. The van der Waals surface area contributed by atoms with Crippen LogP contribution in [-0.4, -0.2) is 0 Å². The fraction of sp³-hybridized carbons (Fsp3) is 0.375. The van der Waals surface area contributed by atoms with Crippen molar-refractivity contribution in [2.24, 2.45) is 11.8 Å².